The number of nitrogens with one attached hydrogen (secondary N) is 1. The molecule has 16 heavy (non-hydrogen) atoms. The fourth-order valence-corrected chi connectivity index (χ4v) is 1.93. The topological polar surface area (TPSA) is 39.0 Å². The fourth-order valence-electron chi connectivity index (χ4n) is 1.93. The van der Waals surface area contributed by atoms with E-state index in [0.717, 1.165) is 24.1 Å². The van der Waals surface area contributed by atoms with E-state index >= 15 is 0 Å². The first kappa shape index (κ1) is 11.0. The zero-order chi connectivity index (χ0) is 11.7. The number of benzene rings is 1. The minimum absolute atomic E-state index is 0.0237. The molecule has 0 saturated heterocycles. The highest BCUT2D eigenvalue weighted by atomic mass is 16.1. The van der Waals surface area contributed by atoms with Crippen molar-refractivity contribution >= 4 is 11.0 Å². The van der Waals surface area contributed by atoms with Crippen molar-refractivity contribution < 1.29 is 0 Å². The van der Waals surface area contributed by atoms with Crippen molar-refractivity contribution in [2.24, 2.45) is 14.1 Å². The third-order valence-electron chi connectivity index (χ3n) is 2.92. The zero-order valence-electron chi connectivity index (χ0n) is 9.95. The van der Waals surface area contributed by atoms with Crippen molar-refractivity contribution in [1.29, 1.82) is 0 Å². The highest BCUT2D eigenvalue weighted by Gasteiger charge is 2.07. The Morgan fingerprint density at radius 1 is 1.19 bits per heavy atom. The van der Waals surface area contributed by atoms with Crippen LogP contribution in [0.1, 0.15) is 12.5 Å². The molecular weight excluding hydrogens is 202 g/mol. The first-order valence-electron chi connectivity index (χ1n) is 5.50. The van der Waals surface area contributed by atoms with Crippen molar-refractivity contribution in [2.75, 3.05) is 6.54 Å². The van der Waals surface area contributed by atoms with Crippen LogP contribution < -0.4 is 11.0 Å². The predicted molar refractivity (Wildman–Crippen MR) is 65.5 cm³/mol. The van der Waals surface area contributed by atoms with Crippen molar-refractivity contribution in [3.05, 3.63) is 34.2 Å². The standard InChI is InChI=1S/C12H17N3O/c1-4-13-8-9-5-6-10-11(7-9)15(3)12(16)14(10)2/h5-7,13H,4,8H2,1-3H3. The van der Waals surface area contributed by atoms with Gasteiger partial charge in [0.1, 0.15) is 0 Å². The SMILES string of the molecule is CCNCc1ccc2c(c1)n(C)c(=O)n2C. The lowest BCUT2D eigenvalue weighted by Gasteiger charge is -2.03. The second-order valence-electron chi connectivity index (χ2n) is 4.00. The van der Waals surface area contributed by atoms with Crippen LogP contribution in [0.5, 0.6) is 0 Å². The van der Waals surface area contributed by atoms with Crippen LogP contribution in [-0.2, 0) is 20.6 Å². The van der Waals surface area contributed by atoms with Gasteiger partial charge in [0, 0.05) is 20.6 Å². The Bertz CT molecular complexity index is 565. The molecule has 4 nitrogen and oxygen atoms in total. The van der Waals surface area contributed by atoms with Crippen LogP contribution in [0.15, 0.2) is 23.0 Å². The number of nitrogens with zero attached hydrogens (tertiary/aromatic N) is 2. The van der Waals surface area contributed by atoms with Crippen LogP contribution >= 0.6 is 0 Å². The fraction of sp³-hybridized carbons (Fsp3) is 0.417. The van der Waals surface area contributed by atoms with E-state index in [4.69, 9.17) is 0 Å². The van der Waals surface area contributed by atoms with E-state index in [1.165, 1.54) is 5.56 Å². The molecule has 2 rings (SSSR count). The van der Waals surface area contributed by atoms with Crippen LogP contribution in [0.4, 0.5) is 0 Å². The molecule has 0 amide bonds. The summed E-state index contributed by atoms with van der Waals surface area (Å²) in [6, 6.07) is 6.13. The second-order valence-corrected chi connectivity index (χ2v) is 4.00. The maximum Gasteiger partial charge on any atom is 0.328 e. The summed E-state index contributed by atoms with van der Waals surface area (Å²) in [6.45, 7) is 3.87. The van der Waals surface area contributed by atoms with Gasteiger partial charge in [0.15, 0.2) is 0 Å². The third-order valence-corrected chi connectivity index (χ3v) is 2.92. The molecular formula is C12H17N3O. The maximum atomic E-state index is 11.7. The molecule has 0 bridgehead atoms. The van der Waals surface area contributed by atoms with Gasteiger partial charge in [0.2, 0.25) is 0 Å². The lowest BCUT2D eigenvalue weighted by atomic mass is 10.2. The zero-order valence-corrected chi connectivity index (χ0v) is 9.95. The molecule has 0 aliphatic heterocycles. The van der Waals surface area contributed by atoms with Crippen molar-refractivity contribution in [1.82, 2.24) is 14.5 Å². The Hall–Kier alpha value is -1.55. The summed E-state index contributed by atoms with van der Waals surface area (Å²) in [5.74, 6) is 0. The summed E-state index contributed by atoms with van der Waals surface area (Å²) in [5.41, 5.74) is 3.20. The van der Waals surface area contributed by atoms with E-state index in [9.17, 15) is 4.79 Å². The van der Waals surface area contributed by atoms with E-state index in [0.29, 0.717) is 0 Å². The van der Waals surface area contributed by atoms with E-state index in [-0.39, 0.29) is 5.69 Å². The summed E-state index contributed by atoms with van der Waals surface area (Å²) in [7, 11) is 3.61. The Morgan fingerprint density at radius 2 is 1.88 bits per heavy atom. The maximum absolute atomic E-state index is 11.7. The quantitative estimate of drug-likeness (QED) is 0.836. The van der Waals surface area contributed by atoms with Gasteiger partial charge in [0.05, 0.1) is 11.0 Å². The molecule has 0 spiro atoms. The molecule has 1 heterocycles. The van der Waals surface area contributed by atoms with Gasteiger partial charge in [-0.3, -0.25) is 9.13 Å². The lowest BCUT2D eigenvalue weighted by molar-refractivity contribution is 0.727. The first-order chi connectivity index (χ1) is 7.65. The number of fused-ring (bicyclic) bond motifs is 1. The molecule has 1 aromatic carbocycles. The number of rotatable bonds is 3. The summed E-state index contributed by atoms with van der Waals surface area (Å²) in [4.78, 5) is 11.7. The van der Waals surface area contributed by atoms with E-state index in [2.05, 4.69) is 24.4 Å². The van der Waals surface area contributed by atoms with Gasteiger partial charge < -0.3 is 5.32 Å². The highest BCUT2D eigenvalue weighted by Crippen LogP contribution is 2.13. The molecule has 1 aromatic heterocycles. The van der Waals surface area contributed by atoms with Crippen LogP contribution in [0.3, 0.4) is 0 Å². The monoisotopic (exact) mass is 219 g/mol. The first-order valence-corrected chi connectivity index (χ1v) is 5.50. The van der Waals surface area contributed by atoms with Crippen LogP contribution in [-0.4, -0.2) is 15.7 Å². The number of hydrogen-bond donors (Lipinski definition) is 1. The number of imidazole rings is 1. The molecule has 0 aliphatic rings. The average Bonchev–Trinajstić information content (AvgIpc) is 2.52. The Labute approximate surface area is 94.5 Å². The molecule has 86 valence electrons. The van der Waals surface area contributed by atoms with Crippen molar-refractivity contribution in [3.63, 3.8) is 0 Å². The minimum Gasteiger partial charge on any atom is -0.313 e. The summed E-state index contributed by atoms with van der Waals surface area (Å²) < 4.78 is 3.36. The normalized spacial score (nSPS) is 11.2. The summed E-state index contributed by atoms with van der Waals surface area (Å²) in [6.07, 6.45) is 0. The van der Waals surface area contributed by atoms with Gasteiger partial charge in [-0.25, -0.2) is 4.79 Å². The Kier molecular flexibility index (Phi) is 2.83. The van der Waals surface area contributed by atoms with Crippen LogP contribution in [0, 0.1) is 0 Å². The van der Waals surface area contributed by atoms with Crippen molar-refractivity contribution in [2.45, 2.75) is 13.5 Å². The van der Waals surface area contributed by atoms with Gasteiger partial charge in [-0.05, 0) is 24.2 Å². The Morgan fingerprint density at radius 3 is 2.56 bits per heavy atom. The smallest absolute Gasteiger partial charge is 0.313 e. The molecule has 4 heteroatoms. The highest BCUT2D eigenvalue weighted by molar-refractivity contribution is 5.76. The molecule has 0 unspecified atom stereocenters. The molecule has 0 atom stereocenters. The summed E-state index contributed by atoms with van der Waals surface area (Å²) in [5, 5.41) is 3.28. The molecule has 1 N–H and O–H groups in total. The van der Waals surface area contributed by atoms with Gasteiger partial charge in [-0.1, -0.05) is 13.0 Å². The van der Waals surface area contributed by atoms with Gasteiger partial charge in [0.25, 0.3) is 0 Å². The average molecular weight is 219 g/mol. The van der Waals surface area contributed by atoms with Crippen LogP contribution in [0.25, 0.3) is 11.0 Å². The van der Waals surface area contributed by atoms with Crippen molar-refractivity contribution in [3.8, 4) is 0 Å². The predicted octanol–water partition coefficient (Wildman–Crippen LogP) is 0.986. The molecule has 2 aromatic rings. The van der Waals surface area contributed by atoms with Gasteiger partial charge in [-0.15, -0.1) is 0 Å². The third kappa shape index (κ3) is 1.65. The largest absolute Gasteiger partial charge is 0.328 e. The van der Waals surface area contributed by atoms with Gasteiger partial charge >= 0.3 is 5.69 Å². The van der Waals surface area contributed by atoms with E-state index in [1.807, 2.05) is 13.1 Å². The Balaban J connectivity index is 2.54. The van der Waals surface area contributed by atoms with E-state index < -0.39 is 0 Å². The minimum atomic E-state index is 0.0237. The molecule has 0 fully saturated rings. The number of hydrogen-bond acceptors (Lipinski definition) is 2. The lowest BCUT2D eigenvalue weighted by Crippen LogP contribution is -2.19. The molecule has 0 radical (unpaired) electrons. The van der Waals surface area contributed by atoms with E-state index in [1.54, 1.807) is 16.2 Å². The second kappa shape index (κ2) is 4.14. The van der Waals surface area contributed by atoms with Gasteiger partial charge in [-0.2, -0.15) is 0 Å². The number of aromatic nitrogens is 2. The molecule has 0 aliphatic carbocycles. The number of aryl methyl sites for hydroxylation is 2. The summed E-state index contributed by atoms with van der Waals surface area (Å²) >= 11 is 0. The van der Waals surface area contributed by atoms with Crippen LogP contribution in [0.2, 0.25) is 0 Å². The molecule has 0 saturated carbocycles.